The normalized spacial score (nSPS) is 13.7. The summed E-state index contributed by atoms with van der Waals surface area (Å²) in [5, 5.41) is 26.5. The van der Waals surface area contributed by atoms with Crippen LogP contribution in [0.25, 0.3) is 0 Å². The maximum atomic E-state index is 14.5. The van der Waals surface area contributed by atoms with Crippen molar-refractivity contribution in [1.29, 1.82) is 0 Å². The van der Waals surface area contributed by atoms with Crippen LogP contribution in [-0.4, -0.2) is 144 Å². The molecule has 3 aromatic rings. The summed E-state index contributed by atoms with van der Waals surface area (Å²) in [6, 6.07) is 20.6. The number of ether oxygens (including phenoxy) is 3. The molecule has 0 saturated carbocycles. The maximum absolute atomic E-state index is 14.5. The summed E-state index contributed by atoms with van der Waals surface area (Å²) < 4.78 is 17.2. The average molecular weight is 1100 g/mol. The minimum Gasteiger partial charge on any atom is -0.508 e. The number of phenolic OH excluding ortho intramolecular Hbond substituents is 1. The van der Waals surface area contributed by atoms with Crippen LogP contribution in [0, 0.1) is 0 Å². The van der Waals surface area contributed by atoms with Gasteiger partial charge in [-0.05, 0) is 121 Å². The van der Waals surface area contributed by atoms with E-state index < -0.39 is 53.1 Å². The first-order valence-corrected chi connectivity index (χ1v) is 27.0. The summed E-state index contributed by atoms with van der Waals surface area (Å²) in [6.07, 6.45) is 2.20. The van der Waals surface area contributed by atoms with Gasteiger partial charge in [0, 0.05) is 71.1 Å². The molecule has 1 heterocycles. The van der Waals surface area contributed by atoms with Crippen LogP contribution < -0.4 is 42.4 Å². The zero-order valence-corrected chi connectivity index (χ0v) is 46.8. The van der Waals surface area contributed by atoms with E-state index >= 15 is 0 Å². The maximum Gasteiger partial charge on any atom is 0.410 e. The standard InChI is InChI=1S/C57H82N10O12/c1-8-46(69)60-31-32-62-54(75)65-53(58)61-30-15-20-45(51(73)63-37-39-21-23-43(68)24-22-39)64-52(74)50(40-16-10-9-11-17-40)41-18-14-19-44(36-41)77-35-13-12-29-59-47(70)25-26-48(71)67(38-49(72)78-56(2,3)4)42-27-33-66(34-28-42)55(76)79-57(5,6)7/h9-11,14,16-19,21-24,36,42,45,50,68H,8,12-13,15,20,25-35,37-38H2,1-7H3,(H,59,70)(H,60,69)(H,63,73)(H,64,74)(H4,58,61,62,65,75)/t45-,50?/m1/s1. The average Bonchev–Trinajstić information content (AvgIpc) is 3.41. The molecular weight excluding hydrogens is 1020 g/mol. The van der Waals surface area contributed by atoms with Crippen molar-refractivity contribution in [1.82, 2.24) is 41.7 Å². The van der Waals surface area contributed by atoms with Crippen molar-refractivity contribution in [3.05, 3.63) is 95.6 Å². The minimum absolute atomic E-state index is 0.0794. The Kier molecular flexibility index (Phi) is 25.9. The van der Waals surface area contributed by atoms with Gasteiger partial charge in [-0.15, -0.1) is 0 Å². The summed E-state index contributed by atoms with van der Waals surface area (Å²) in [5.74, 6) is -2.69. The first-order valence-electron chi connectivity index (χ1n) is 27.0. The molecule has 3 aromatic carbocycles. The van der Waals surface area contributed by atoms with Gasteiger partial charge >= 0.3 is 18.1 Å². The summed E-state index contributed by atoms with van der Waals surface area (Å²) in [5.41, 5.74) is 6.54. The number of phenols is 1. The van der Waals surface area contributed by atoms with Crippen molar-refractivity contribution in [2.45, 2.75) is 142 Å². The van der Waals surface area contributed by atoms with Crippen LogP contribution in [0.1, 0.15) is 129 Å². The van der Waals surface area contributed by atoms with Gasteiger partial charge in [0.15, 0.2) is 5.96 Å². The van der Waals surface area contributed by atoms with Gasteiger partial charge in [0.25, 0.3) is 0 Å². The van der Waals surface area contributed by atoms with E-state index in [1.807, 2.05) is 30.3 Å². The predicted molar refractivity (Wildman–Crippen MR) is 298 cm³/mol. The van der Waals surface area contributed by atoms with Gasteiger partial charge in [0.1, 0.15) is 35.3 Å². The first kappa shape index (κ1) is 63.6. The second-order valence-electron chi connectivity index (χ2n) is 21.1. The Morgan fingerprint density at radius 1 is 0.722 bits per heavy atom. The van der Waals surface area contributed by atoms with Crippen molar-refractivity contribution in [2.75, 3.05) is 52.4 Å². The van der Waals surface area contributed by atoms with Crippen LogP contribution in [0.3, 0.4) is 0 Å². The van der Waals surface area contributed by atoms with E-state index in [2.05, 4.69) is 36.9 Å². The number of benzene rings is 3. The number of hydrogen-bond donors (Lipinski definition) is 8. The van der Waals surface area contributed by atoms with Crippen LogP contribution in [-0.2, 0) is 44.8 Å². The molecule has 0 spiro atoms. The number of aliphatic imine (C=N–C) groups is 1. The highest BCUT2D eigenvalue weighted by molar-refractivity contribution is 5.93. The molecule has 0 aliphatic carbocycles. The fraction of sp³-hybridized carbons (Fsp3) is 0.526. The number of carbonyl (C=O) groups is 8. The van der Waals surface area contributed by atoms with Gasteiger partial charge in [0.05, 0.1) is 12.5 Å². The molecule has 1 aliphatic heterocycles. The van der Waals surface area contributed by atoms with Gasteiger partial charge in [0.2, 0.25) is 29.5 Å². The number of hydrogen-bond acceptors (Lipinski definition) is 12. The number of guanidine groups is 1. The number of nitrogens with one attached hydrogen (secondary N) is 6. The lowest BCUT2D eigenvalue weighted by Crippen LogP contribution is -2.51. The molecule has 432 valence electrons. The van der Waals surface area contributed by atoms with E-state index in [1.165, 1.54) is 17.0 Å². The number of nitrogens with zero attached hydrogens (tertiary/aromatic N) is 3. The second kappa shape index (κ2) is 32.1. The molecule has 8 amide bonds. The molecular formula is C57H82N10O12. The van der Waals surface area contributed by atoms with Gasteiger partial charge in [-0.1, -0.05) is 61.5 Å². The van der Waals surface area contributed by atoms with E-state index in [9.17, 15) is 43.5 Å². The number of aromatic hydroxyl groups is 1. The van der Waals surface area contributed by atoms with Crippen LogP contribution >= 0.6 is 0 Å². The van der Waals surface area contributed by atoms with E-state index in [-0.39, 0.29) is 87.5 Å². The molecule has 22 nitrogen and oxygen atoms in total. The summed E-state index contributed by atoms with van der Waals surface area (Å²) in [6.45, 7) is 14.1. The zero-order valence-electron chi connectivity index (χ0n) is 46.8. The third-order valence-corrected chi connectivity index (χ3v) is 12.2. The number of amides is 8. The Morgan fingerprint density at radius 2 is 1.37 bits per heavy atom. The Balaban J connectivity index is 1.32. The van der Waals surface area contributed by atoms with Crippen molar-refractivity contribution < 1.29 is 57.7 Å². The molecule has 1 fully saturated rings. The van der Waals surface area contributed by atoms with Crippen LogP contribution in [0.15, 0.2) is 83.9 Å². The van der Waals surface area contributed by atoms with Crippen molar-refractivity contribution in [2.24, 2.45) is 10.7 Å². The first-order chi connectivity index (χ1) is 37.5. The van der Waals surface area contributed by atoms with Crippen molar-refractivity contribution >= 4 is 53.6 Å². The molecule has 2 atom stereocenters. The van der Waals surface area contributed by atoms with Gasteiger partial charge in [-0.2, -0.15) is 4.99 Å². The monoisotopic (exact) mass is 1100 g/mol. The highest BCUT2D eigenvalue weighted by Crippen LogP contribution is 2.29. The van der Waals surface area contributed by atoms with E-state index in [1.54, 1.807) is 89.8 Å². The summed E-state index contributed by atoms with van der Waals surface area (Å²) in [7, 11) is 0. The second-order valence-corrected chi connectivity index (χ2v) is 21.1. The topological polar surface area (TPSA) is 302 Å². The molecule has 1 aliphatic rings. The molecule has 0 bridgehead atoms. The summed E-state index contributed by atoms with van der Waals surface area (Å²) >= 11 is 0. The number of urea groups is 1. The highest BCUT2D eigenvalue weighted by atomic mass is 16.6. The number of piperidine rings is 1. The Bertz CT molecular complexity index is 2510. The predicted octanol–water partition coefficient (Wildman–Crippen LogP) is 4.87. The summed E-state index contributed by atoms with van der Waals surface area (Å²) in [4.78, 5) is 111. The SMILES string of the molecule is CCC(=O)NCCNC(=O)/N=C(/N)NCCC[C@@H](NC(=O)C(c1ccccc1)c1cccc(OCCCCNC(=O)CCC(=O)N(CC(=O)OC(C)(C)C)C2CCN(C(=O)OC(C)(C)C)CC2)c1)C(=O)NCc1ccc(O)cc1. The Hall–Kier alpha value is -7.91. The number of rotatable bonds is 27. The lowest BCUT2D eigenvalue weighted by atomic mass is 9.90. The molecule has 4 rings (SSSR count). The molecule has 22 heteroatoms. The van der Waals surface area contributed by atoms with Gasteiger partial charge < -0.3 is 66.8 Å². The largest absolute Gasteiger partial charge is 0.508 e. The van der Waals surface area contributed by atoms with Crippen LogP contribution in [0.2, 0.25) is 0 Å². The third-order valence-electron chi connectivity index (χ3n) is 12.2. The van der Waals surface area contributed by atoms with E-state index in [0.29, 0.717) is 81.6 Å². The number of carbonyl (C=O) groups excluding carboxylic acids is 8. The minimum atomic E-state index is -1.00. The fourth-order valence-corrected chi connectivity index (χ4v) is 8.30. The molecule has 0 radical (unpaired) electrons. The molecule has 79 heavy (non-hydrogen) atoms. The quantitative estimate of drug-likeness (QED) is 0.0219. The van der Waals surface area contributed by atoms with E-state index in [4.69, 9.17) is 19.9 Å². The molecule has 1 saturated heterocycles. The fourth-order valence-electron chi connectivity index (χ4n) is 8.30. The lowest BCUT2D eigenvalue weighted by Gasteiger charge is -2.38. The number of likely N-dealkylation sites (tertiary alicyclic amines) is 1. The smallest absolute Gasteiger partial charge is 0.410 e. The molecule has 1 unspecified atom stereocenters. The third kappa shape index (κ3) is 24.5. The molecule has 9 N–H and O–H groups in total. The van der Waals surface area contributed by atoms with Gasteiger partial charge in [-0.25, -0.2) is 9.59 Å². The van der Waals surface area contributed by atoms with Crippen LogP contribution in [0.4, 0.5) is 9.59 Å². The van der Waals surface area contributed by atoms with Crippen molar-refractivity contribution in [3.8, 4) is 11.5 Å². The Labute approximate surface area is 463 Å². The highest BCUT2D eigenvalue weighted by Gasteiger charge is 2.34. The Morgan fingerprint density at radius 3 is 2.04 bits per heavy atom. The number of nitrogens with two attached hydrogens (primary N) is 1. The van der Waals surface area contributed by atoms with Crippen LogP contribution in [0.5, 0.6) is 11.5 Å². The molecule has 0 aromatic heterocycles. The zero-order chi connectivity index (χ0) is 58.0. The number of unbranched alkanes of at least 4 members (excludes halogenated alkanes) is 1. The van der Waals surface area contributed by atoms with Gasteiger partial charge in [-0.3, -0.25) is 28.8 Å². The number of esters is 1. The van der Waals surface area contributed by atoms with Crippen molar-refractivity contribution in [3.63, 3.8) is 0 Å². The lowest BCUT2D eigenvalue weighted by molar-refractivity contribution is -0.160. The van der Waals surface area contributed by atoms with E-state index in [0.717, 1.165) is 5.56 Å².